The molecule has 0 bridgehead atoms. The molecule has 27 heavy (non-hydrogen) atoms. The first-order chi connectivity index (χ1) is 13.1. The van der Waals surface area contributed by atoms with Crippen molar-refractivity contribution in [3.05, 3.63) is 46.2 Å². The third-order valence-electron chi connectivity index (χ3n) is 3.90. The zero-order chi connectivity index (χ0) is 19.4. The second-order valence-electron chi connectivity index (χ2n) is 5.52. The number of aryl methyl sites for hydroxylation is 1. The molecule has 0 spiro atoms. The van der Waals surface area contributed by atoms with Gasteiger partial charge in [0.1, 0.15) is 27.5 Å². The number of ether oxygens (including phenoxy) is 3. The van der Waals surface area contributed by atoms with Gasteiger partial charge in [0.25, 0.3) is 5.91 Å². The van der Waals surface area contributed by atoms with Crippen LogP contribution in [0.1, 0.15) is 6.92 Å². The normalized spacial score (nSPS) is 11.6. The maximum absolute atomic E-state index is 12.3. The zero-order valence-electron chi connectivity index (χ0n) is 15.2. The first-order valence-electron chi connectivity index (χ1n) is 8.27. The summed E-state index contributed by atoms with van der Waals surface area (Å²) in [6.07, 6.45) is 0. The molecule has 1 heterocycles. The molecular formula is C19H19ClN2O4S. The van der Waals surface area contributed by atoms with Crippen molar-refractivity contribution in [2.24, 2.45) is 4.99 Å². The zero-order valence-corrected chi connectivity index (χ0v) is 16.8. The number of methoxy groups -OCH3 is 2. The Balaban J connectivity index is 1.94. The monoisotopic (exact) mass is 406 g/mol. The molecule has 0 saturated carbocycles. The molecule has 1 aromatic heterocycles. The van der Waals surface area contributed by atoms with E-state index in [1.54, 1.807) is 38.5 Å². The van der Waals surface area contributed by atoms with Gasteiger partial charge in [-0.1, -0.05) is 22.9 Å². The molecule has 0 radical (unpaired) electrons. The number of halogens is 1. The molecule has 0 aliphatic rings. The number of nitrogens with zero attached hydrogens (tertiary/aromatic N) is 2. The smallest absolute Gasteiger partial charge is 0.286 e. The van der Waals surface area contributed by atoms with Gasteiger partial charge < -0.3 is 18.8 Å². The molecule has 3 aromatic rings. The molecule has 2 aromatic carbocycles. The van der Waals surface area contributed by atoms with Gasteiger partial charge in [-0.15, -0.1) is 0 Å². The van der Waals surface area contributed by atoms with Crippen molar-refractivity contribution in [2.75, 3.05) is 20.8 Å². The van der Waals surface area contributed by atoms with E-state index in [1.807, 2.05) is 23.6 Å². The Morgan fingerprint density at radius 2 is 1.78 bits per heavy atom. The van der Waals surface area contributed by atoms with Crippen LogP contribution in [0, 0.1) is 0 Å². The molecule has 1 amide bonds. The van der Waals surface area contributed by atoms with E-state index in [-0.39, 0.29) is 12.5 Å². The molecule has 0 atom stereocenters. The molecule has 6 nitrogen and oxygen atoms in total. The van der Waals surface area contributed by atoms with E-state index in [1.165, 1.54) is 11.3 Å². The Kier molecular flexibility index (Phi) is 6.03. The van der Waals surface area contributed by atoms with Gasteiger partial charge in [0, 0.05) is 11.6 Å². The maximum Gasteiger partial charge on any atom is 0.286 e. The van der Waals surface area contributed by atoms with Crippen LogP contribution in [0.15, 0.2) is 41.4 Å². The minimum Gasteiger partial charge on any atom is -0.495 e. The molecule has 0 aliphatic heterocycles. The molecule has 0 unspecified atom stereocenters. The summed E-state index contributed by atoms with van der Waals surface area (Å²) in [6.45, 7) is 2.46. The standard InChI is InChI=1S/C19H19ClN2O4S/c1-4-22-17-14(24-2)9-10-15(25-3)18(17)27-19(22)21-16(23)11-26-13-7-5-12(20)6-8-13/h5-10H,4,11H2,1-3H3. The molecule has 0 N–H and O–H groups in total. The van der Waals surface area contributed by atoms with Crippen LogP contribution in [-0.2, 0) is 11.3 Å². The number of amides is 1. The number of thiazole rings is 1. The summed E-state index contributed by atoms with van der Waals surface area (Å²) in [7, 11) is 3.22. The van der Waals surface area contributed by atoms with Crippen molar-refractivity contribution in [1.82, 2.24) is 4.57 Å². The number of fused-ring (bicyclic) bond motifs is 1. The van der Waals surface area contributed by atoms with Crippen LogP contribution in [0.5, 0.6) is 17.2 Å². The van der Waals surface area contributed by atoms with Crippen LogP contribution >= 0.6 is 22.9 Å². The van der Waals surface area contributed by atoms with Crippen LogP contribution in [0.25, 0.3) is 10.2 Å². The largest absolute Gasteiger partial charge is 0.495 e. The average molecular weight is 407 g/mol. The number of rotatable bonds is 6. The molecule has 142 valence electrons. The topological polar surface area (TPSA) is 62.1 Å². The number of hydrogen-bond acceptors (Lipinski definition) is 5. The van der Waals surface area contributed by atoms with Gasteiger partial charge in [0.2, 0.25) is 0 Å². The van der Waals surface area contributed by atoms with Gasteiger partial charge in [-0.2, -0.15) is 4.99 Å². The lowest BCUT2D eigenvalue weighted by Gasteiger charge is -2.08. The first-order valence-corrected chi connectivity index (χ1v) is 9.47. The van der Waals surface area contributed by atoms with E-state index in [4.69, 9.17) is 25.8 Å². The highest BCUT2D eigenvalue weighted by Crippen LogP contribution is 2.35. The molecule has 0 aliphatic carbocycles. The highest BCUT2D eigenvalue weighted by Gasteiger charge is 2.15. The second-order valence-corrected chi connectivity index (χ2v) is 6.94. The number of aromatic nitrogens is 1. The van der Waals surface area contributed by atoms with Crippen molar-refractivity contribution >= 4 is 39.1 Å². The third-order valence-corrected chi connectivity index (χ3v) is 5.25. The van der Waals surface area contributed by atoms with Crippen molar-refractivity contribution in [2.45, 2.75) is 13.5 Å². The van der Waals surface area contributed by atoms with Crippen LogP contribution in [0.3, 0.4) is 0 Å². The average Bonchev–Trinajstić information content (AvgIpc) is 3.04. The number of carbonyl (C=O) groups excluding carboxylic acids is 1. The van der Waals surface area contributed by atoms with Gasteiger partial charge in [-0.3, -0.25) is 4.79 Å². The summed E-state index contributed by atoms with van der Waals surface area (Å²) in [5.74, 6) is 1.60. The fourth-order valence-electron chi connectivity index (χ4n) is 2.65. The van der Waals surface area contributed by atoms with E-state index in [0.717, 1.165) is 10.2 Å². The highest BCUT2D eigenvalue weighted by molar-refractivity contribution is 7.16. The maximum atomic E-state index is 12.3. The summed E-state index contributed by atoms with van der Waals surface area (Å²) in [6, 6.07) is 10.5. The van der Waals surface area contributed by atoms with Gasteiger partial charge in [-0.25, -0.2) is 0 Å². The summed E-state index contributed by atoms with van der Waals surface area (Å²) in [4.78, 5) is 17.1. The number of hydrogen-bond donors (Lipinski definition) is 0. The second kappa shape index (κ2) is 8.45. The van der Waals surface area contributed by atoms with E-state index in [0.29, 0.717) is 33.6 Å². The van der Waals surface area contributed by atoms with Crippen LogP contribution in [0.4, 0.5) is 0 Å². The van der Waals surface area contributed by atoms with E-state index in [9.17, 15) is 4.79 Å². The van der Waals surface area contributed by atoms with Crippen LogP contribution in [0.2, 0.25) is 5.02 Å². The highest BCUT2D eigenvalue weighted by atomic mass is 35.5. The minimum absolute atomic E-state index is 0.159. The van der Waals surface area contributed by atoms with E-state index in [2.05, 4.69) is 4.99 Å². The van der Waals surface area contributed by atoms with Crippen LogP contribution < -0.4 is 19.0 Å². The van der Waals surface area contributed by atoms with Crippen molar-refractivity contribution in [3.8, 4) is 17.2 Å². The lowest BCUT2D eigenvalue weighted by molar-refractivity contribution is -0.120. The summed E-state index contributed by atoms with van der Waals surface area (Å²) in [5, 5.41) is 0.607. The Hall–Kier alpha value is -2.51. The quantitative estimate of drug-likeness (QED) is 0.622. The lowest BCUT2D eigenvalue weighted by atomic mass is 10.3. The molecule has 0 fully saturated rings. The number of carbonyl (C=O) groups is 1. The van der Waals surface area contributed by atoms with Gasteiger partial charge in [-0.05, 0) is 43.3 Å². The van der Waals surface area contributed by atoms with E-state index < -0.39 is 0 Å². The van der Waals surface area contributed by atoms with Crippen molar-refractivity contribution < 1.29 is 19.0 Å². The van der Waals surface area contributed by atoms with Crippen molar-refractivity contribution in [3.63, 3.8) is 0 Å². The Labute approximate surface area is 165 Å². The van der Waals surface area contributed by atoms with Crippen molar-refractivity contribution in [1.29, 1.82) is 0 Å². The lowest BCUT2D eigenvalue weighted by Crippen LogP contribution is -2.19. The Morgan fingerprint density at radius 1 is 1.11 bits per heavy atom. The first kappa shape index (κ1) is 19.3. The third kappa shape index (κ3) is 4.09. The molecule has 3 rings (SSSR count). The fourth-order valence-corrected chi connectivity index (χ4v) is 3.99. The summed E-state index contributed by atoms with van der Waals surface area (Å²) in [5.41, 5.74) is 0.856. The predicted molar refractivity (Wildman–Crippen MR) is 106 cm³/mol. The molecule has 8 heteroatoms. The minimum atomic E-state index is -0.378. The van der Waals surface area contributed by atoms with Crippen LogP contribution in [-0.4, -0.2) is 31.3 Å². The predicted octanol–water partition coefficient (Wildman–Crippen LogP) is 3.90. The molecule has 0 saturated heterocycles. The molecular weight excluding hydrogens is 388 g/mol. The SMILES string of the molecule is CCn1c(=NC(=O)COc2ccc(Cl)cc2)sc2c(OC)ccc(OC)c21. The van der Waals surface area contributed by atoms with Gasteiger partial charge in [0.15, 0.2) is 11.4 Å². The Bertz CT molecular complexity index is 1020. The summed E-state index contributed by atoms with van der Waals surface area (Å²) < 4.78 is 19.2. The van der Waals surface area contributed by atoms with Gasteiger partial charge >= 0.3 is 0 Å². The fraction of sp³-hybridized carbons (Fsp3) is 0.263. The van der Waals surface area contributed by atoms with E-state index >= 15 is 0 Å². The van der Waals surface area contributed by atoms with Gasteiger partial charge in [0.05, 0.1) is 14.2 Å². The Morgan fingerprint density at radius 3 is 2.41 bits per heavy atom. The number of benzene rings is 2. The summed E-state index contributed by atoms with van der Waals surface area (Å²) >= 11 is 7.22.